The van der Waals surface area contributed by atoms with Gasteiger partial charge in [0.1, 0.15) is 5.75 Å². The molecule has 4 nitrogen and oxygen atoms in total. The van der Waals surface area contributed by atoms with Gasteiger partial charge in [-0.05, 0) is 54.7 Å². The minimum atomic E-state index is 0.0799. The Balaban J connectivity index is 1.36. The number of ether oxygens (including phenoxy) is 1. The van der Waals surface area contributed by atoms with Gasteiger partial charge < -0.3 is 14.6 Å². The van der Waals surface area contributed by atoms with Gasteiger partial charge in [0.15, 0.2) is 0 Å². The van der Waals surface area contributed by atoms with Crippen LogP contribution < -0.4 is 10.1 Å². The molecule has 4 aromatic rings. The average molecular weight is 427 g/mol. The number of benzene rings is 3. The predicted octanol–water partition coefficient (Wildman–Crippen LogP) is 5.65. The van der Waals surface area contributed by atoms with Gasteiger partial charge in [0.25, 0.3) is 0 Å². The second-order valence-corrected chi connectivity index (χ2v) is 8.27. The van der Waals surface area contributed by atoms with Gasteiger partial charge in [-0.1, -0.05) is 60.2 Å². The van der Waals surface area contributed by atoms with Gasteiger partial charge in [-0.3, -0.25) is 4.79 Å². The third-order valence-corrected chi connectivity index (χ3v) is 5.78. The Morgan fingerprint density at radius 3 is 2.62 bits per heavy atom. The van der Waals surface area contributed by atoms with Crippen molar-refractivity contribution in [3.8, 4) is 5.75 Å². The predicted molar refractivity (Wildman–Crippen MR) is 130 cm³/mol. The molecule has 1 amide bonds. The lowest BCUT2D eigenvalue weighted by Gasteiger charge is -2.07. The number of para-hydroxylation sites is 1. The number of nitrogens with zero attached hydrogens (tertiary/aromatic N) is 1. The zero-order valence-electron chi connectivity index (χ0n) is 18.8. The van der Waals surface area contributed by atoms with Crippen LogP contribution in [-0.4, -0.2) is 17.6 Å². The number of aryl methyl sites for hydroxylation is 2. The zero-order chi connectivity index (χ0) is 22.3. The maximum Gasteiger partial charge on any atom is 0.220 e. The number of fused-ring (bicyclic) bond motifs is 1. The number of aromatic nitrogens is 1. The molecule has 1 N–H and O–H groups in total. The van der Waals surface area contributed by atoms with E-state index in [0.29, 0.717) is 13.0 Å². The van der Waals surface area contributed by atoms with E-state index in [1.54, 1.807) is 7.11 Å². The maximum atomic E-state index is 12.4. The molecule has 4 rings (SSSR count). The van der Waals surface area contributed by atoms with Gasteiger partial charge in [0.05, 0.1) is 7.11 Å². The molecule has 0 unspecified atom stereocenters. The summed E-state index contributed by atoms with van der Waals surface area (Å²) in [5, 5.41) is 4.29. The van der Waals surface area contributed by atoms with Crippen molar-refractivity contribution >= 4 is 16.8 Å². The number of rotatable bonds is 9. The Morgan fingerprint density at radius 2 is 1.78 bits per heavy atom. The van der Waals surface area contributed by atoms with Crippen LogP contribution in [0.4, 0.5) is 0 Å². The summed E-state index contributed by atoms with van der Waals surface area (Å²) in [6.07, 6.45) is 4.47. The second-order valence-electron chi connectivity index (χ2n) is 8.27. The first kappa shape index (κ1) is 21.7. The van der Waals surface area contributed by atoms with Crippen LogP contribution in [-0.2, 0) is 24.3 Å². The van der Waals surface area contributed by atoms with Crippen LogP contribution in [0, 0.1) is 6.92 Å². The molecule has 1 aromatic heterocycles. The number of carbonyl (C=O) groups is 1. The van der Waals surface area contributed by atoms with Gasteiger partial charge in [0.2, 0.25) is 5.91 Å². The van der Waals surface area contributed by atoms with Crippen LogP contribution in [0.25, 0.3) is 10.9 Å². The second kappa shape index (κ2) is 10.2. The fraction of sp³-hybridized carbons (Fsp3) is 0.250. The summed E-state index contributed by atoms with van der Waals surface area (Å²) >= 11 is 0. The van der Waals surface area contributed by atoms with E-state index in [0.717, 1.165) is 30.7 Å². The standard InChI is InChI=1S/C28H30N2O2/c1-21-8-5-10-23(16-21)19-30-20-24(26-13-3-4-14-27(26)30)11-7-15-28(31)29-18-22-9-6-12-25(17-22)32-2/h3-6,8-10,12-14,16-17,20H,7,11,15,18-19H2,1-2H3,(H,29,31). The van der Waals surface area contributed by atoms with E-state index in [4.69, 9.17) is 4.74 Å². The van der Waals surface area contributed by atoms with Gasteiger partial charge >= 0.3 is 0 Å². The molecule has 0 fully saturated rings. The van der Waals surface area contributed by atoms with Crippen LogP contribution in [0.5, 0.6) is 5.75 Å². The number of methoxy groups -OCH3 is 1. The van der Waals surface area contributed by atoms with Gasteiger partial charge in [-0.2, -0.15) is 0 Å². The molecule has 0 spiro atoms. The van der Waals surface area contributed by atoms with Crippen molar-refractivity contribution < 1.29 is 9.53 Å². The summed E-state index contributed by atoms with van der Waals surface area (Å²) in [5.74, 6) is 0.884. The smallest absolute Gasteiger partial charge is 0.220 e. The zero-order valence-corrected chi connectivity index (χ0v) is 18.8. The topological polar surface area (TPSA) is 43.3 Å². The third kappa shape index (κ3) is 5.38. The molecule has 32 heavy (non-hydrogen) atoms. The van der Waals surface area contributed by atoms with Crippen LogP contribution >= 0.6 is 0 Å². The quantitative estimate of drug-likeness (QED) is 0.376. The minimum Gasteiger partial charge on any atom is -0.497 e. The van der Waals surface area contributed by atoms with Crippen molar-refractivity contribution in [1.82, 2.24) is 9.88 Å². The van der Waals surface area contributed by atoms with E-state index < -0.39 is 0 Å². The molecule has 0 aliphatic heterocycles. The Bertz CT molecular complexity index is 1210. The largest absolute Gasteiger partial charge is 0.497 e. The molecule has 0 aliphatic rings. The lowest BCUT2D eigenvalue weighted by atomic mass is 10.1. The highest BCUT2D eigenvalue weighted by atomic mass is 16.5. The van der Waals surface area contributed by atoms with E-state index >= 15 is 0 Å². The third-order valence-electron chi connectivity index (χ3n) is 5.78. The van der Waals surface area contributed by atoms with Crippen molar-refractivity contribution in [2.45, 2.75) is 39.3 Å². The molecular weight excluding hydrogens is 396 g/mol. The van der Waals surface area contributed by atoms with E-state index in [9.17, 15) is 4.79 Å². The molecule has 1 heterocycles. The summed E-state index contributed by atoms with van der Waals surface area (Å²) in [6.45, 7) is 3.50. The van der Waals surface area contributed by atoms with Gasteiger partial charge in [-0.15, -0.1) is 0 Å². The fourth-order valence-electron chi connectivity index (χ4n) is 4.17. The van der Waals surface area contributed by atoms with E-state index in [1.165, 1.54) is 27.6 Å². The monoisotopic (exact) mass is 426 g/mol. The molecular formula is C28H30N2O2. The van der Waals surface area contributed by atoms with Crippen LogP contribution in [0.15, 0.2) is 79.0 Å². The van der Waals surface area contributed by atoms with Crippen molar-refractivity contribution in [2.75, 3.05) is 7.11 Å². The van der Waals surface area contributed by atoms with Crippen molar-refractivity contribution in [3.63, 3.8) is 0 Å². The first-order valence-corrected chi connectivity index (χ1v) is 11.1. The minimum absolute atomic E-state index is 0.0799. The summed E-state index contributed by atoms with van der Waals surface area (Å²) in [7, 11) is 1.65. The van der Waals surface area contributed by atoms with Crippen molar-refractivity contribution in [3.05, 3.63) is 101 Å². The summed E-state index contributed by atoms with van der Waals surface area (Å²) in [4.78, 5) is 12.4. The molecule has 4 heteroatoms. The lowest BCUT2D eigenvalue weighted by Crippen LogP contribution is -2.22. The Labute approximate surface area is 189 Å². The number of carbonyl (C=O) groups excluding carboxylic acids is 1. The fourth-order valence-corrected chi connectivity index (χ4v) is 4.17. The molecule has 164 valence electrons. The van der Waals surface area contributed by atoms with E-state index in [2.05, 4.69) is 71.5 Å². The van der Waals surface area contributed by atoms with Crippen LogP contribution in [0.3, 0.4) is 0 Å². The number of amides is 1. The Morgan fingerprint density at radius 1 is 0.969 bits per heavy atom. The first-order chi connectivity index (χ1) is 15.6. The summed E-state index contributed by atoms with van der Waals surface area (Å²) < 4.78 is 7.56. The van der Waals surface area contributed by atoms with Crippen molar-refractivity contribution in [1.29, 1.82) is 0 Å². The number of nitrogens with one attached hydrogen (secondary N) is 1. The van der Waals surface area contributed by atoms with E-state index in [-0.39, 0.29) is 5.91 Å². The number of hydrogen-bond donors (Lipinski definition) is 1. The summed E-state index contributed by atoms with van der Waals surface area (Å²) in [6, 6.07) is 25.0. The Hall–Kier alpha value is -3.53. The van der Waals surface area contributed by atoms with Crippen molar-refractivity contribution in [2.24, 2.45) is 0 Å². The highest BCUT2D eigenvalue weighted by Crippen LogP contribution is 2.24. The van der Waals surface area contributed by atoms with Crippen LogP contribution in [0.2, 0.25) is 0 Å². The molecule has 0 saturated carbocycles. The normalized spacial score (nSPS) is 10.9. The number of hydrogen-bond acceptors (Lipinski definition) is 2. The molecule has 0 bridgehead atoms. The van der Waals surface area contributed by atoms with Gasteiger partial charge in [0, 0.05) is 36.6 Å². The molecule has 0 saturated heterocycles. The van der Waals surface area contributed by atoms with Gasteiger partial charge in [-0.25, -0.2) is 0 Å². The maximum absolute atomic E-state index is 12.4. The SMILES string of the molecule is COc1cccc(CNC(=O)CCCc2cn(Cc3cccc(C)c3)c3ccccc23)c1. The molecule has 0 radical (unpaired) electrons. The molecule has 3 aromatic carbocycles. The average Bonchev–Trinajstić information content (AvgIpc) is 3.15. The molecule has 0 atom stereocenters. The molecule has 0 aliphatic carbocycles. The summed E-state index contributed by atoms with van der Waals surface area (Å²) in [5.41, 5.74) is 6.16. The lowest BCUT2D eigenvalue weighted by molar-refractivity contribution is -0.121. The first-order valence-electron chi connectivity index (χ1n) is 11.1. The highest BCUT2D eigenvalue weighted by Gasteiger charge is 2.10. The Kier molecular flexibility index (Phi) is 6.90. The highest BCUT2D eigenvalue weighted by molar-refractivity contribution is 5.84. The van der Waals surface area contributed by atoms with Crippen LogP contribution in [0.1, 0.15) is 35.1 Å². The van der Waals surface area contributed by atoms with E-state index in [1.807, 2.05) is 24.3 Å².